The lowest BCUT2D eigenvalue weighted by Gasteiger charge is -1.90. The van der Waals surface area contributed by atoms with Crippen LogP contribution in [0.5, 0.6) is 0 Å². The summed E-state index contributed by atoms with van der Waals surface area (Å²) in [5.74, 6) is 0.377. The predicted octanol–water partition coefficient (Wildman–Crippen LogP) is 0.797. The molecule has 0 fully saturated rings. The van der Waals surface area contributed by atoms with E-state index in [4.69, 9.17) is 10.8 Å². The van der Waals surface area contributed by atoms with Crippen LogP contribution in [0.15, 0.2) is 11.8 Å². The van der Waals surface area contributed by atoms with Crippen molar-refractivity contribution < 1.29 is 5.11 Å². The number of allylic oxidation sites excluding steroid dienone is 1. The van der Waals surface area contributed by atoms with Gasteiger partial charge in [0.15, 0.2) is 0 Å². The van der Waals surface area contributed by atoms with Gasteiger partial charge in [-0.1, -0.05) is 0 Å². The van der Waals surface area contributed by atoms with Gasteiger partial charge in [-0.25, -0.2) is 0 Å². The van der Waals surface area contributed by atoms with E-state index in [1.807, 2.05) is 0 Å². The fourth-order valence-corrected chi connectivity index (χ4v) is 0.292. The summed E-state index contributed by atoms with van der Waals surface area (Å²) < 4.78 is 0. The Morgan fingerprint density at radius 1 is 1.86 bits per heavy atom. The molecule has 0 spiro atoms. The van der Waals surface area contributed by atoms with Crippen molar-refractivity contribution in [3.8, 4) is 0 Å². The van der Waals surface area contributed by atoms with Gasteiger partial charge in [-0.3, -0.25) is 0 Å². The van der Waals surface area contributed by atoms with Crippen molar-refractivity contribution in [3.63, 3.8) is 0 Å². The Bertz CT molecular complexity index is 68.5. The lowest BCUT2D eigenvalue weighted by molar-refractivity contribution is 0.389. The van der Waals surface area contributed by atoms with Crippen LogP contribution in [-0.2, 0) is 0 Å². The van der Waals surface area contributed by atoms with Gasteiger partial charge in [-0.15, -0.1) is 0 Å². The third kappa shape index (κ3) is 3.33. The number of aliphatic hydroxyl groups excluding tert-OH is 1. The summed E-state index contributed by atoms with van der Waals surface area (Å²) in [5.41, 5.74) is 5.10. The van der Waals surface area contributed by atoms with Crippen LogP contribution in [0.2, 0.25) is 0 Å². The Hall–Kier alpha value is -0.500. The predicted molar refractivity (Wildman–Crippen MR) is 30.1 cm³/mol. The van der Waals surface area contributed by atoms with E-state index in [1.54, 1.807) is 13.0 Å². The van der Waals surface area contributed by atoms with E-state index >= 15 is 0 Å². The van der Waals surface area contributed by atoms with Crippen LogP contribution in [0.1, 0.15) is 13.3 Å². The molecule has 0 aromatic heterocycles. The maximum absolute atomic E-state index is 8.64. The first kappa shape index (κ1) is 6.50. The Labute approximate surface area is 43.6 Å². The molecule has 7 heavy (non-hydrogen) atoms. The maximum Gasteiger partial charge on any atom is 0.0892 e. The monoisotopic (exact) mass is 101 g/mol. The zero-order valence-electron chi connectivity index (χ0n) is 4.52. The molecule has 42 valence electrons. The largest absolute Gasteiger partial charge is 0.513 e. The molecule has 0 radical (unpaired) electrons. The van der Waals surface area contributed by atoms with Crippen LogP contribution in [0.25, 0.3) is 0 Å². The summed E-state index contributed by atoms with van der Waals surface area (Å²) >= 11 is 0. The highest BCUT2D eigenvalue weighted by Crippen LogP contribution is 1.89. The highest BCUT2D eigenvalue weighted by molar-refractivity contribution is 4.86. The van der Waals surface area contributed by atoms with Crippen LogP contribution in [-0.4, -0.2) is 11.7 Å². The summed E-state index contributed by atoms with van der Waals surface area (Å²) in [6, 6.07) is 0. The Morgan fingerprint density at radius 2 is 2.43 bits per heavy atom. The van der Waals surface area contributed by atoms with Gasteiger partial charge in [0.05, 0.1) is 5.76 Å². The quantitative estimate of drug-likeness (QED) is 0.505. The minimum Gasteiger partial charge on any atom is -0.513 e. The van der Waals surface area contributed by atoms with Crippen LogP contribution in [0, 0.1) is 0 Å². The molecular formula is C5H11NO. The first-order valence-corrected chi connectivity index (χ1v) is 2.35. The van der Waals surface area contributed by atoms with Gasteiger partial charge in [-0.2, -0.15) is 0 Å². The zero-order valence-corrected chi connectivity index (χ0v) is 4.52. The van der Waals surface area contributed by atoms with E-state index in [0.29, 0.717) is 18.7 Å². The number of hydrogen-bond acceptors (Lipinski definition) is 2. The van der Waals surface area contributed by atoms with Crippen molar-refractivity contribution in [2.24, 2.45) is 5.73 Å². The molecule has 0 heterocycles. The van der Waals surface area contributed by atoms with E-state index in [0.717, 1.165) is 0 Å². The second-order valence-corrected chi connectivity index (χ2v) is 1.32. The molecule has 0 saturated heterocycles. The lowest BCUT2D eigenvalue weighted by Crippen LogP contribution is -1.99. The normalized spacial score (nSPS) is 12.0. The minimum absolute atomic E-state index is 0.377. The molecule has 0 saturated carbocycles. The first-order chi connectivity index (χ1) is 3.31. The van der Waals surface area contributed by atoms with Gasteiger partial charge in [0, 0.05) is 6.42 Å². The average molecular weight is 101 g/mol. The van der Waals surface area contributed by atoms with E-state index < -0.39 is 0 Å². The Morgan fingerprint density at radius 3 is 2.57 bits per heavy atom. The van der Waals surface area contributed by atoms with Crippen molar-refractivity contribution >= 4 is 0 Å². The third-order valence-electron chi connectivity index (χ3n) is 0.734. The SMILES string of the molecule is CC=C(O)CCN. The molecule has 0 bridgehead atoms. The molecule has 0 aliphatic heterocycles. The summed E-state index contributed by atoms with van der Waals surface area (Å²) in [6.45, 7) is 2.31. The highest BCUT2D eigenvalue weighted by Gasteiger charge is 1.83. The molecule has 0 aromatic rings. The number of rotatable bonds is 2. The molecule has 0 aromatic carbocycles. The first-order valence-electron chi connectivity index (χ1n) is 2.35. The second-order valence-electron chi connectivity index (χ2n) is 1.32. The van der Waals surface area contributed by atoms with Crippen molar-refractivity contribution in [2.45, 2.75) is 13.3 Å². The average Bonchev–Trinajstić information content (AvgIpc) is 1.68. The van der Waals surface area contributed by atoms with Gasteiger partial charge in [0.25, 0.3) is 0 Å². The van der Waals surface area contributed by atoms with Gasteiger partial charge < -0.3 is 10.8 Å². The summed E-state index contributed by atoms with van der Waals surface area (Å²) in [7, 11) is 0. The van der Waals surface area contributed by atoms with E-state index in [9.17, 15) is 0 Å². The van der Waals surface area contributed by atoms with E-state index in [-0.39, 0.29) is 0 Å². The summed E-state index contributed by atoms with van der Waals surface area (Å²) in [5, 5.41) is 8.64. The van der Waals surface area contributed by atoms with E-state index in [1.165, 1.54) is 0 Å². The lowest BCUT2D eigenvalue weighted by atomic mass is 10.3. The van der Waals surface area contributed by atoms with Gasteiger partial charge in [0.2, 0.25) is 0 Å². The fraction of sp³-hybridized carbons (Fsp3) is 0.600. The second kappa shape index (κ2) is 3.68. The fourth-order valence-electron chi connectivity index (χ4n) is 0.292. The zero-order chi connectivity index (χ0) is 5.70. The molecule has 0 aliphatic carbocycles. The van der Waals surface area contributed by atoms with Gasteiger partial charge in [-0.05, 0) is 19.5 Å². The number of aliphatic hydroxyl groups is 1. The molecule has 3 N–H and O–H groups in total. The molecule has 0 aliphatic rings. The molecule has 0 rings (SSSR count). The van der Waals surface area contributed by atoms with Crippen molar-refractivity contribution in [2.75, 3.05) is 6.54 Å². The third-order valence-corrected chi connectivity index (χ3v) is 0.734. The maximum atomic E-state index is 8.64. The molecule has 2 nitrogen and oxygen atoms in total. The van der Waals surface area contributed by atoms with Crippen LogP contribution in [0.3, 0.4) is 0 Å². The number of nitrogens with two attached hydrogens (primary N) is 1. The summed E-state index contributed by atoms with van der Waals surface area (Å²) in [6.07, 6.45) is 2.24. The molecule has 0 amide bonds. The van der Waals surface area contributed by atoms with Gasteiger partial charge in [0.1, 0.15) is 0 Å². The minimum atomic E-state index is 0.377. The highest BCUT2D eigenvalue weighted by atomic mass is 16.3. The smallest absolute Gasteiger partial charge is 0.0892 e. The summed E-state index contributed by atoms with van der Waals surface area (Å²) in [4.78, 5) is 0. The molecule has 2 heteroatoms. The van der Waals surface area contributed by atoms with Crippen molar-refractivity contribution in [3.05, 3.63) is 11.8 Å². The van der Waals surface area contributed by atoms with Gasteiger partial charge >= 0.3 is 0 Å². The van der Waals surface area contributed by atoms with Crippen LogP contribution < -0.4 is 5.73 Å². The molecule has 0 unspecified atom stereocenters. The molecule has 0 atom stereocenters. The topological polar surface area (TPSA) is 46.2 Å². The molecular weight excluding hydrogens is 90.1 g/mol. The number of hydrogen-bond donors (Lipinski definition) is 2. The van der Waals surface area contributed by atoms with Crippen molar-refractivity contribution in [1.29, 1.82) is 0 Å². The van der Waals surface area contributed by atoms with E-state index in [2.05, 4.69) is 0 Å². The standard InChI is InChI=1S/C5H11NO/c1-2-5(7)3-4-6/h2,7H,3-4,6H2,1H3. The van der Waals surface area contributed by atoms with Crippen LogP contribution >= 0.6 is 0 Å². The Kier molecular flexibility index (Phi) is 3.42. The Balaban J connectivity index is 3.17. The van der Waals surface area contributed by atoms with Crippen molar-refractivity contribution in [1.82, 2.24) is 0 Å². The van der Waals surface area contributed by atoms with Crippen LogP contribution in [0.4, 0.5) is 0 Å².